The van der Waals surface area contributed by atoms with Crippen molar-refractivity contribution in [1.29, 1.82) is 0 Å². The Morgan fingerprint density at radius 2 is 1.29 bits per heavy atom. The van der Waals surface area contributed by atoms with Crippen LogP contribution in [0.5, 0.6) is 0 Å². The fourth-order valence-corrected chi connectivity index (χ4v) is 0.748. The predicted molar refractivity (Wildman–Crippen MR) is 44.7 cm³/mol. The van der Waals surface area contributed by atoms with E-state index in [9.17, 15) is 0 Å². The third-order valence-corrected chi connectivity index (χ3v) is 1.37. The molecule has 0 radical (unpaired) electrons. The molecule has 0 saturated heterocycles. The third kappa shape index (κ3) is 12.0. The van der Waals surface area contributed by atoms with E-state index in [4.69, 9.17) is 0 Å². The molecule has 1 rings (SSSR count). The summed E-state index contributed by atoms with van der Waals surface area (Å²) in [6.45, 7) is 4.35. The second-order valence-electron chi connectivity index (χ2n) is 2.44. The van der Waals surface area contributed by atoms with E-state index in [1.807, 2.05) is 24.5 Å². The van der Waals surface area contributed by atoms with Gasteiger partial charge in [-0.15, -0.1) is 0 Å². The minimum absolute atomic E-state index is 0. The van der Waals surface area contributed by atoms with Crippen LogP contribution in [0.4, 0.5) is 0 Å². The summed E-state index contributed by atoms with van der Waals surface area (Å²) in [7, 11) is 0. The molecule has 0 aromatic carbocycles. The first-order chi connectivity index (χ1) is 4.30. The van der Waals surface area contributed by atoms with Crippen LogP contribution in [-0.2, 0) is 84.3 Å². The number of rotatable bonds is 1. The second kappa shape index (κ2) is 17.3. The fraction of sp³-hybridized carbons (Fsp3) is 0.333. The van der Waals surface area contributed by atoms with Crippen LogP contribution in [0.1, 0.15) is 25.3 Å². The van der Waals surface area contributed by atoms with Gasteiger partial charge in [-0.2, -0.15) is 0 Å². The van der Waals surface area contributed by atoms with Gasteiger partial charge in [-0.25, -0.2) is 0 Å². The van der Waals surface area contributed by atoms with Gasteiger partial charge in [0, 0.05) is 96.7 Å². The molecule has 5 heteroatoms. The first-order valence-corrected chi connectivity index (χ1v) is 3.20. The Kier molecular flexibility index (Phi) is 36.7. The predicted octanol–water partition coefficient (Wildman–Crippen LogP) is 2.65. The van der Waals surface area contributed by atoms with Gasteiger partial charge < -0.3 is 7.43 Å². The van der Waals surface area contributed by atoms with E-state index in [2.05, 4.69) is 18.8 Å². The van der Waals surface area contributed by atoms with Gasteiger partial charge in [0.1, 0.15) is 0 Å². The van der Waals surface area contributed by atoms with E-state index in [1.54, 1.807) is 0 Å². The number of hydrogen-bond donors (Lipinski definition) is 0. The van der Waals surface area contributed by atoms with Crippen molar-refractivity contribution < 1.29 is 84.3 Å². The molecule has 0 aliphatic rings. The summed E-state index contributed by atoms with van der Waals surface area (Å²) >= 11 is 0. The third-order valence-electron chi connectivity index (χ3n) is 1.37. The first kappa shape index (κ1) is 29.7. The number of nitrogens with zero attached hydrogens (tertiary/aromatic N) is 1. The van der Waals surface area contributed by atoms with Gasteiger partial charge in [-0.3, -0.25) is 4.98 Å². The average molecular weight is 872 g/mol. The van der Waals surface area contributed by atoms with Gasteiger partial charge in [-0.1, -0.05) is 13.8 Å². The van der Waals surface area contributed by atoms with Gasteiger partial charge in [0.25, 0.3) is 0 Å². The van der Waals surface area contributed by atoms with Crippen LogP contribution in [0, 0.1) is 7.43 Å². The van der Waals surface area contributed by atoms with Crippen LogP contribution in [0.25, 0.3) is 0 Å². The molecular weight excluding hydrogens is 857 g/mol. The van der Waals surface area contributed by atoms with Crippen LogP contribution >= 0.6 is 0 Å². The van der Waals surface area contributed by atoms with Crippen LogP contribution in [0.3, 0.4) is 0 Å². The molecule has 0 spiro atoms. The number of pyridine rings is 1. The van der Waals surface area contributed by atoms with Crippen molar-refractivity contribution in [1.82, 2.24) is 4.98 Å². The first-order valence-electron chi connectivity index (χ1n) is 3.20. The fourth-order valence-electron chi connectivity index (χ4n) is 0.748. The Morgan fingerprint density at radius 3 is 1.50 bits per heavy atom. The second-order valence-corrected chi connectivity index (χ2v) is 2.44. The summed E-state index contributed by atoms with van der Waals surface area (Å²) in [4.78, 5) is 3.93. The largest absolute Gasteiger partial charge is 0.358 e. The van der Waals surface area contributed by atoms with Crippen molar-refractivity contribution in [2.24, 2.45) is 0 Å². The van der Waals surface area contributed by atoms with Crippen molar-refractivity contribution >= 4 is 0 Å². The van der Waals surface area contributed by atoms with Crippen molar-refractivity contribution in [3.8, 4) is 0 Å². The summed E-state index contributed by atoms with van der Waals surface area (Å²) in [6.07, 6.45) is 3.66. The molecular formula is C9H14NW4-. The molecule has 80 valence electrons. The molecule has 1 aromatic heterocycles. The van der Waals surface area contributed by atoms with Gasteiger partial charge in [-0.05, 0) is 23.6 Å². The summed E-state index contributed by atoms with van der Waals surface area (Å²) in [5.74, 6) is 0.619. The molecule has 1 heterocycles. The molecule has 1 nitrogen and oxygen atoms in total. The molecule has 0 amide bonds. The molecule has 0 bridgehead atoms. The number of aromatic nitrogens is 1. The van der Waals surface area contributed by atoms with Gasteiger partial charge in [0.2, 0.25) is 0 Å². The molecule has 0 unspecified atom stereocenters. The minimum atomic E-state index is 0. The van der Waals surface area contributed by atoms with Crippen LogP contribution in [0.15, 0.2) is 24.5 Å². The molecule has 0 aliphatic carbocycles. The molecule has 0 N–H and O–H groups in total. The number of hydrogen-bond acceptors (Lipinski definition) is 1. The molecule has 1 aromatic rings. The zero-order valence-electron chi connectivity index (χ0n) is 8.47. The van der Waals surface area contributed by atoms with E-state index in [-0.39, 0.29) is 91.7 Å². The molecule has 0 fully saturated rings. The standard InChI is InChI=1S/C8H11N.CH3.4W/c1-7(2)8-3-5-9-6-4-8;;;;;/h3-7H,1-2H3;1H3;;;;/q;-1;;;;. The maximum atomic E-state index is 3.93. The summed E-state index contributed by atoms with van der Waals surface area (Å²) in [6, 6.07) is 4.09. The maximum Gasteiger partial charge on any atom is 0.0270 e. The van der Waals surface area contributed by atoms with Crippen molar-refractivity contribution in [3.05, 3.63) is 37.5 Å². The van der Waals surface area contributed by atoms with E-state index < -0.39 is 0 Å². The Bertz CT molecular complexity index is 179. The normalized spacial score (nSPS) is 6.50. The zero-order chi connectivity index (χ0) is 6.69. The van der Waals surface area contributed by atoms with E-state index in [0.29, 0.717) is 5.92 Å². The van der Waals surface area contributed by atoms with Gasteiger partial charge in [0.15, 0.2) is 0 Å². The Labute approximate surface area is 145 Å². The quantitative estimate of drug-likeness (QED) is 0.397. The van der Waals surface area contributed by atoms with Crippen LogP contribution in [-0.4, -0.2) is 4.98 Å². The maximum absolute atomic E-state index is 3.93. The topological polar surface area (TPSA) is 12.9 Å². The van der Waals surface area contributed by atoms with Gasteiger partial charge in [0.05, 0.1) is 0 Å². The Balaban J connectivity index is -0.0000000540. The smallest absolute Gasteiger partial charge is 0.0270 e. The SMILES string of the molecule is CC(C)c1ccncc1.[CH3-].[W].[W].[W].[W]. The minimum Gasteiger partial charge on any atom is -0.358 e. The van der Waals surface area contributed by atoms with Crippen LogP contribution < -0.4 is 0 Å². The summed E-state index contributed by atoms with van der Waals surface area (Å²) in [5, 5.41) is 0. The van der Waals surface area contributed by atoms with Crippen molar-refractivity contribution in [2.75, 3.05) is 0 Å². The summed E-state index contributed by atoms with van der Waals surface area (Å²) in [5.41, 5.74) is 1.35. The van der Waals surface area contributed by atoms with Gasteiger partial charge >= 0.3 is 0 Å². The Morgan fingerprint density at radius 1 is 0.929 bits per heavy atom. The monoisotopic (exact) mass is 872 g/mol. The van der Waals surface area contributed by atoms with Crippen molar-refractivity contribution in [3.63, 3.8) is 0 Å². The van der Waals surface area contributed by atoms with E-state index in [0.717, 1.165) is 0 Å². The molecule has 0 atom stereocenters. The molecule has 0 aliphatic heterocycles. The Hall–Kier alpha value is 1.90. The van der Waals surface area contributed by atoms with Crippen LogP contribution in [0.2, 0.25) is 0 Å². The average Bonchev–Trinajstić information content (AvgIpc) is 1.90. The molecule has 0 saturated carbocycles. The van der Waals surface area contributed by atoms with E-state index >= 15 is 0 Å². The zero-order valence-corrected chi connectivity index (χ0v) is 20.2. The summed E-state index contributed by atoms with van der Waals surface area (Å²) < 4.78 is 0. The van der Waals surface area contributed by atoms with E-state index in [1.165, 1.54) is 5.56 Å². The van der Waals surface area contributed by atoms with Crippen molar-refractivity contribution in [2.45, 2.75) is 19.8 Å². The molecule has 14 heavy (non-hydrogen) atoms.